The van der Waals surface area contributed by atoms with Crippen molar-refractivity contribution in [2.75, 3.05) is 26.4 Å². The first-order valence-corrected chi connectivity index (χ1v) is 34.9. The van der Waals surface area contributed by atoms with Gasteiger partial charge in [-0.3, -0.25) is 24.0 Å². The van der Waals surface area contributed by atoms with Crippen LogP contribution in [0, 0.1) is 23.7 Å². The smallest absolute Gasteiger partial charge is 0.309 e. The van der Waals surface area contributed by atoms with Crippen LogP contribution in [0.25, 0.3) is 0 Å². The number of aliphatic hydroxyl groups is 10. The molecule has 6 saturated heterocycles. The van der Waals surface area contributed by atoms with E-state index >= 15 is 0 Å². The lowest BCUT2D eigenvalue weighted by atomic mass is 9.95. The van der Waals surface area contributed by atoms with Gasteiger partial charge in [0.05, 0.1) is 62.3 Å². The highest BCUT2D eigenvalue weighted by Crippen LogP contribution is 2.40. The van der Waals surface area contributed by atoms with Crippen LogP contribution in [0.15, 0.2) is 0 Å². The van der Waals surface area contributed by atoms with Gasteiger partial charge in [0, 0.05) is 6.42 Å². The second-order valence-corrected chi connectivity index (χ2v) is 26.6. The maximum absolute atomic E-state index is 14.1. The molecule has 0 radical (unpaired) electrons. The SMILES string of the molecule is CCCCCC1CCCCCCCCCC(=O)OC2C(OCC3OC(OC4C(O)C(CO)OC(OC5C(O1)OC(CO)C(O)C5O)C4OC1OC(C)C(OC(=O)C(C)CC)C(O)C1OC(=O)C(C)CC)C(O)C(OC(=O)C(C)CC)C3OC(=O)C(C)CC)OC(CO)C(O)C2O. The van der Waals surface area contributed by atoms with Crippen molar-refractivity contribution in [3.8, 4) is 0 Å². The summed E-state index contributed by atoms with van der Waals surface area (Å²) in [6.07, 6.45) is -37.8. The Balaban J connectivity index is 1.56. The van der Waals surface area contributed by atoms with Gasteiger partial charge in [0.25, 0.3) is 0 Å². The predicted octanol–water partition coefficient (Wildman–Crippen LogP) is 1.54. The maximum Gasteiger partial charge on any atom is 0.309 e. The lowest BCUT2D eigenvalue weighted by Gasteiger charge is -2.51. The number of ether oxygens (including phenoxy) is 15. The van der Waals surface area contributed by atoms with E-state index in [0.717, 1.165) is 38.5 Å². The van der Waals surface area contributed by atoms with E-state index in [4.69, 9.17) is 71.1 Å². The van der Waals surface area contributed by atoms with Crippen LogP contribution in [0.5, 0.6) is 0 Å². The van der Waals surface area contributed by atoms with Crippen LogP contribution in [-0.2, 0) is 95.0 Å². The summed E-state index contributed by atoms with van der Waals surface area (Å²) in [6, 6.07) is 0. The molecule has 556 valence electrons. The van der Waals surface area contributed by atoms with Crippen molar-refractivity contribution in [2.24, 2.45) is 23.7 Å². The van der Waals surface area contributed by atoms with Crippen molar-refractivity contribution in [1.82, 2.24) is 0 Å². The zero-order chi connectivity index (χ0) is 70.7. The molecule has 30 nitrogen and oxygen atoms in total. The Morgan fingerprint density at radius 3 is 1.49 bits per heavy atom. The second-order valence-electron chi connectivity index (χ2n) is 26.6. The molecule has 30 unspecified atom stereocenters. The number of hydrogen-bond acceptors (Lipinski definition) is 30. The number of carbonyl (C=O) groups is 5. The minimum Gasteiger partial charge on any atom is -0.456 e. The van der Waals surface area contributed by atoms with E-state index in [1.807, 2.05) is 6.92 Å². The van der Waals surface area contributed by atoms with Crippen LogP contribution in [0.1, 0.15) is 178 Å². The zero-order valence-electron chi connectivity index (χ0n) is 57.3. The second kappa shape index (κ2) is 39.7. The van der Waals surface area contributed by atoms with Crippen LogP contribution < -0.4 is 0 Å². The Morgan fingerprint density at radius 2 is 0.938 bits per heavy atom. The maximum atomic E-state index is 14.1. The van der Waals surface area contributed by atoms with Crippen LogP contribution in [-0.4, -0.2) is 267 Å². The van der Waals surface area contributed by atoms with Crippen LogP contribution in [0.3, 0.4) is 0 Å². The molecular weight excluding hydrogens is 1270 g/mol. The van der Waals surface area contributed by atoms with Gasteiger partial charge in [-0.05, 0) is 51.9 Å². The number of hydrogen-bond donors (Lipinski definition) is 10. The zero-order valence-corrected chi connectivity index (χ0v) is 57.3. The molecule has 30 atom stereocenters. The standard InChI is InChI=1S/C66H112O30/c1-11-16-22-25-37-26-23-20-18-17-19-21-24-27-42(70)89-54-46(74)43(71)38(28-67)85-63(54)82-31-41-51(91-59(79)33(7)13-3)53(92-60(80)34(8)14-4)49(77)62(88-41)94-52-45(73)40(30-69)87-66(95-55-47(75)44(72)39(29-68)86-65(55)84-37)57(52)96-64-56(93-61(81)35(9)15-5)48(76)50(36(10)83-64)90-58(78)32(6)12-2/h32-41,43-57,62-69,71-77H,11-31H2,1-10H3. The normalized spacial score (nSPS) is 40.1. The monoisotopic (exact) mass is 1380 g/mol. The molecule has 4 bridgehead atoms. The van der Waals surface area contributed by atoms with Crippen molar-refractivity contribution in [2.45, 2.75) is 338 Å². The number of unbranched alkanes of at least 4 members (excludes halogenated alkanes) is 2. The third-order valence-electron chi connectivity index (χ3n) is 19.3. The van der Waals surface area contributed by atoms with Crippen LogP contribution in [0.2, 0.25) is 0 Å². The topological polar surface area (TPSA) is 426 Å². The van der Waals surface area contributed by atoms with E-state index in [-0.39, 0.29) is 25.7 Å². The molecule has 0 aromatic rings. The number of rotatable bonds is 21. The molecule has 0 aromatic heterocycles. The van der Waals surface area contributed by atoms with Gasteiger partial charge in [-0.25, -0.2) is 0 Å². The molecule has 10 N–H and O–H groups in total. The molecule has 0 amide bonds. The van der Waals surface area contributed by atoms with Crippen molar-refractivity contribution in [3.05, 3.63) is 0 Å². The highest BCUT2D eigenvalue weighted by Gasteiger charge is 2.60. The first kappa shape index (κ1) is 81.5. The Kier molecular flexibility index (Phi) is 33.7. The molecule has 6 rings (SSSR count). The van der Waals surface area contributed by atoms with Crippen molar-refractivity contribution in [1.29, 1.82) is 0 Å². The quantitative estimate of drug-likeness (QED) is 0.0442. The van der Waals surface area contributed by atoms with Gasteiger partial charge >= 0.3 is 29.8 Å². The summed E-state index contributed by atoms with van der Waals surface area (Å²) in [6.45, 7) is 13.0. The summed E-state index contributed by atoms with van der Waals surface area (Å²) in [5.74, 6) is -7.26. The largest absolute Gasteiger partial charge is 0.456 e. The molecule has 96 heavy (non-hydrogen) atoms. The third-order valence-corrected chi connectivity index (χ3v) is 19.3. The van der Waals surface area contributed by atoms with Gasteiger partial charge in [-0.1, -0.05) is 120 Å². The summed E-state index contributed by atoms with van der Waals surface area (Å²) >= 11 is 0. The van der Waals surface area contributed by atoms with Crippen molar-refractivity contribution in [3.63, 3.8) is 0 Å². The number of esters is 5. The van der Waals surface area contributed by atoms with Gasteiger partial charge < -0.3 is 122 Å². The molecule has 0 aliphatic carbocycles. The van der Waals surface area contributed by atoms with E-state index in [1.54, 1.807) is 48.5 Å². The summed E-state index contributed by atoms with van der Waals surface area (Å²) in [5, 5.41) is 116. The third kappa shape index (κ3) is 21.3. The van der Waals surface area contributed by atoms with Gasteiger partial charge in [0.2, 0.25) is 0 Å². The summed E-state index contributed by atoms with van der Waals surface area (Å²) in [5.41, 5.74) is 0. The number of carbonyl (C=O) groups excluding carboxylic acids is 5. The van der Waals surface area contributed by atoms with Crippen LogP contribution in [0.4, 0.5) is 0 Å². The van der Waals surface area contributed by atoms with E-state index in [1.165, 1.54) is 13.8 Å². The fourth-order valence-electron chi connectivity index (χ4n) is 12.0. The molecular formula is C66H112O30. The predicted molar refractivity (Wildman–Crippen MR) is 331 cm³/mol. The molecule has 0 spiro atoms. The van der Waals surface area contributed by atoms with E-state index in [2.05, 4.69) is 0 Å². The Morgan fingerprint density at radius 1 is 0.458 bits per heavy atom. The molecule has 0 saturated carbocycles. The Labute approximate surface area is 562 Å². The molecule has 6 fully saturated rings. The highest BCUT2D eigenvalue weighted by atomic mass is 16.8. The first-order valence-electron chi connectivity index (χ1n) is 34.9. The minimum atomic E-state index is -2.24. The lowest BCUT2D eigenvalue weighted by molar-refractivity contribution is -0.410. The number of aliphatic hydroxyl groups excluding tert-OH is 10. The summed E-state index contributed by atoms with van der Waals surface area (Å²) < 4.78 is 94.3. The first-order chi connectivity index (χ1) is 45.8. The molecule has 6 aliphatic heterocycles. The minimum absolute atomic E-state index is 0.117. The van der Waals surface area contributed by atoms with E-state index in [0.29, 0.717) is 44.9 Å². The van der Waals surface area contributed by atoms with Gasteiger partial charge in [0.15, 0.2) is 62.0 Å². The average Bonchev–Trinajstić information content (AvgIpc) is 0.765. The Bertz CT molecular complexity index is 2340. The van der Waals surface area contributed by atoms with E-state index < -0.39 is 240 Å². The summed E-state index contributed by atoms with van der Waals surface area (Å²) in [7, 11) is 0. The lowest BCUT2D eigenvalue weighted by Crippen LogP contribution is -2.69. The van der Waals surface area contributed by atoms with Gasteiger partial charge in [-0.15, -0.1) is 0 Å². The average molecular weight is 1390 g/mol. The van der Waals surface area contributed by atoms with Gasteiger partial charge in [-0.2, -0.15) is 0 Å². The van der Waals surface area contributed by atoms with Crippen molar-refractivity contribution >= 4 is 29.8 Å². The van der Waals surface area contributed by atoms with Crippen LogP contribution >= 0.6 is 0 Å². The Hall–Kier alpha value is -3.45. The fraction of sp³-hybridized carbons (Fsp3) is 0.924. The molecule has 6 aliphatic rings. The molecule has 6 heterocycles. The molecule has 0 aromatic carbocycles. The fourth-order valence-corrected chi connectivity index (χ4v) is 12.0. The highest BCUT2D eigenvalue weighted by molar-refractivity contribution is 5.74. The molecule has 30 heteroatoms. The summed E-state index contributed by atoms with van der Waals surface area (Å²) in [4.78, 5) is 69.0. The number of fused-ring (bicyclic) bond motifs is 6. The van der Waals surface area contributed by atoms with E-state index in [9.17, 15) is 75.0 Å². The van der Waals surface area contributed by atoms with Crippen molar-refractivity contribution < 1.29 is 146 Å². The van der Waals surface area contributed by atoms with Gasteiger partial charge in [0.1, 0.15) is 85.5 Å².